The van der Waals surface area contributed by atoms with Crippen molar-refractivity contribution in [3.05, 3.63) is 42.7 Å². The van der Waals surface area contributed by atoms with Gasteiger partial charge in [0.1, 0.15) is 0 Å². The standard InChI is InChI=1S/C12H12N4O3/c17-11(2-5-16-6-4-14-8-16)15-10-7-13-3-1-9(10)12(18)19/h1,3-4,6-8H,2,5H2,(H,15,17)(H,18,19). The maximum atomic E-state index is 11.7. The third kappa shape index (κ3) is 3.38. The minimum atomic E-state index is -1.10. The molecule has 7 heteroatoms. The average Bonchev–Trinajstić information content (AvgIpc) is 2.90. The number of carbonyl (C=O) groups excluding carboxylic acids is 1. The van der Waals surface area contributed by atoms with Crippen molar-refractivity contribution in [2.24, 2.45) is 0 Å². The molecule has 2 rings (SSSR count). The van der Waals surface area contributed by atoms with E-state index in [0.29, 0.717) is 6.54 Å². The number of carbonyl (C=O) groups is 2. The van der Waals surface area contributed by atoms with Crippen LogP contribution in [0.3, 0.4) is 0 Å². The lowest BCUT2D eigenvalue weighted by molar-refractivity contribution is -0.116. The summed E-state index contributed by atoms with van der Waals surface area (Å²) < 4.78 is 1.76. The van der Waals surface area contributed by atoms with Crippen LogP contribution < -0.4 is 5.32 Å². The zero-order valence-corrected chi connectivity index (χ0v) is 9.98. The first kappa shape index (κ1) is 12.7. The van der Waals surface area contributed by atoms with Gasteiger partial charge in [-0.05, 0) is 6.07 Å². The van der Waals surface area contributed by atoms with Crippen molar-refractivity contribution in [3.8, 4) is 0 Å². The number of nitrogens with one attached hydrogen (secondary N) is 1. The summed E-state index contributed by atoms with van der Waals surface area (Å²) >= 11 is 0. The van der Waals surface area contributed by atoms with Crippen LogP contribution >= 0.6 is 0 Å². The molecule has 0 aromatic carbocycles. The van der Waals surface area contributed by atoms with E-state index in [9.17, 15) is 9.59 Å². The van der Waals surface area contributed by atoms with Crippen molar-refractivity contribution in [2.75, 3.05) is 5.32 Å². The highest BCUT2D eigenvalue weighted by Crippen LogP contribution is 2.13. The number of pyridine rings is 1. The van der Waals surface area contributed by atoms with Gasteiger partial charge in [0.2, 0.25) is 5.91 Å². The Balaban J connectivity index is 1.97. The number of amides is 1. The van der Waals surface area contributed by atoms with Crippen LogP contribution in [-0.4, -0.2) is 31.5 Å². The lowest BCUT2D eigenvalue weighted by Gasteiger charge is -2.07. The van der Waals surface area contributed by atoms with Gasteiger partial charge in [-0.1, -0.05) is 0 Å². The molecule has 2 aromatic rings. The van der Waals surface area contributed by atoms with E-state index in [1.54, 1.807) is 23.3 Å². The highest BCUT2D eigenvalue weighted by atomic mass is 16.4. The topological polar surface area (TPSA) is 97.1 Å². The molecular weight excluding hydrogens is 248 g/mol. The Labute approximate surface area is 108 Å². The number of carboxylic acids is 1. The van der Waals surface area contributed by atoms with E-state index in [4.69, 9.17) is 5.11 Å². The minimum absolute atomic E-state index is 0.0194. The van der Waals surface area contributed by atoms with Gasteiger partial charge >= 0.3 is 5.97 Å². The van der Waals surface area contributed by atoms with E-state index in [1.807, 2.05) is 0 Å². The average molecular weight is 260 g/mol. The van der Waals surface area contributed by atoms with E-state index < -0.39 is 5.97 Å². The van der Waals surface area contributed by atoms with E-state index in [1.165, 1.54) is 18.5 Å². The number of hydrogen-bond donors (Lipinski definition) is 2. The summed E-state index contributed by atoms with van der Waals surface area (Å²) in [5, 5.41) is 11.5. The third-order valence-electron chi connectivity index (χ3n) is 2.48. The number of nitrogens with zero attached hydrogens (tertiary/aromatic N) is 3. The normalized spacial score (nSPS) is 10.1. The zero-order chi connectivity index (χ0) is 13.7. The Morgan fingerprint density at radius 3 is 2.84 bits per heavy atom. The van der Waals surface area contributed by atoms with Gasteiger partial charge in [0.25, 0.3) is 0 Å². The van der Waals surface area contributed by atoms with Gasteiger partial charge < -0.3 is 15.0 Å². The summed E-state index contributed by atoms with van der Waals surface area (Å²) in [6.45, 7) is 0.481. The predicted octanol–water partition coefficient (Wildman–Crippen LogP) is 1.01. The largest absolute Gasteiger partial charge is 0.478 e. The van der Waals surface area contributed by atoms with E-state index in [-0.39, 0.29) is 23.6 Å². The Morgan fingerprint density at radius 1 is 1.32 bits per heavy atom. The lowest BCUT2D eigenvalue weighted by Crippen LogP contribution is -2.16. The number of aromatic nitrogens is 3. The molecule has 1 amide bonds. The van der Waals surface area contributed by atoms with Crippen molar-refractivity contribution in [1.82, 2.24) is 14.5 Å². The summed E-state index contributed by atoms with van der Waals surface area (Å²) in [4.78, 5) is 30.3. The van der Waals surface area contributed by atoms with Crippen LogP contribution in [-0.2, 0) is 11.3 Å². The molecule has 0 saturated carbocycles. The second-order valence-electron chi connectivity index (χ2n) is 3.83. The smallest absolute Gasteiger partial charge is 0.337 e. The summed E-state index contributed by atoms with van der Waals surface area (Å²) in [6.07, 6.45) is 7.90. The summed E-state index contributed by atoms with van der Waals surface area (Å²) in [5.41, 5.74) is 0.219. The first-order chi connectivity index (χ1) is 9.16. The number of carboxylic acid groups (broad SMARTS) is 1. The van der Waals surface area contributed by atoms with Gasteiger partial charge in [0.15, 0.2) is 0 Å². The molecule has 0 spiro atoms. The molecule has 98 valence electrons. The summed E-state index contributed by atoms with van der Waals surface area (Å²) in [6, 6.07) is 1.34. The highest BCUT2D eigenvalue weighted by molar-refractivity contribution is 6.00. The van der Waals surface area contributed by atoms with Gasteiger partial charge in [0, 0.05) is 31.6 Å². The van der Waals surface area contributed by atoms with Crippen molar-refractivity contribution < 1.29 is 14.7 Å². The van der Waals surface area contributed by atoms with Gasteiger partial charge in [-0.2, -0.15) is 0 Å². The third-order valence-corrected chi connectivity index (χ3v) is 2.48. The summed E-state index contributed by atoms with van der Waals surface area (Å²) in [7, 11) is 0. The molecule has 0 saturated heterocycles. The molecule has 0 aliphatic heterocycles. The molecule has 0 bridgehead atoms. The minimum Gasteiger partial charge on any atom is -0.478 e. The van der Waals surface area contributed by atoms with Crippen molar-refractivity contribution in [2.45, 2.75) is 13.0 Å². The molecule has 0 fully saturated rings. The molecule has 0 aliphatic rings. The fraction of sp³-hybridized carbons (Fsp3) is 0.167. The van der Waals surface area contributed by atoms with Crippen LogP contribution in [0.4, 0.5) is 5.69 Å². The molecule has 0 atom stereocenters. The van der Waals surface area contributed by atoms with Crippen molar-refractivity contribution in [3.63, 3.8) is 0 Å². The fourth-order valence-corrected chi connectivity index (χ4v) is 1.54. The van der Waals surface area contributed by atoms with Gasteiger partial charge in [0.05, 0.1) is 23.8 Å². The highest BCUT2D eigenvalue weighted by Gasteiger charge is 2.12. The molecule has 0 aliphatic carbocycles. The number of anilines is 1. The monoisotopic (exact) mass is 260 g/mol. The lowest BCUT2D eigenvalue weighted by atomic mass is 10.2. The Kier molecular flexibility index (Phi) is 3.87. The van der Waals surface area contributed by atoms with E-state index >= 15 is 0 Å². The second-order valence-corrected chi connectivity index (χ2v) is 3.83. The van der Waals surface area contributed by atoms with Crippen LogP contribution in [0.1, 0.15) is 16.8 Å². The maximum absolute atomic E-state index is 11.7. The molecule has 2 aromatic heterocycles. The molecule has 0 radical (unpaired) electrons. The Morgan fingerprint density at radius 2 is 2.16 bits per heavy atom. The molecule has 2 heterocycles. The molecule has 2 N–H and O–H groups in total. The fourth-order valence-electron chi connectivity index (χ4n) is 1.54. The van der Waals surface area contributed by atoms with E-state index in [0.717, 1.165) is 0 Å². The zero-order valence-electron chi connectivity index (χ0n) is 9.98. The first-order valence-electron chi connectivity index (χ1n) is 5.59. The van der Waals surface area contributed by atoms with Crippen LogP contribution in [0.2, 0.25) is 0 Å². The second kappa shape index (κ2) is 5.76. The molecular formula is C12H12N4O3. The molecule has 19 heavy (non-hydrogen) atoms. The van der Waals surface area contributed by atoms with Crippen molar-refractivity contribution >= 4 is 17.6 Å². The first-order valence-corrected chi connectivity index (χ1v) is 5.59. The molecule has 0 unspecified atom stereocenters. The molecule has 7 nitrogen and oxygen atoms in total. The number of aryl methyl sites for hydroxylation is 1. The Bertz CT molecular complexity index is 580. The van der Waals surface area contributed by atoms with Crippen LogP contribution in [0, 0.1) is 0 Å². The number of imidazole rings is 1. The SMILES string of the molecule is O=C(CCn1ccnc1)Nc1cnccc1C(=O)O. The Hall–Kier alpha value is -2.70. The maximum Gasteiger partial charge on any atom is 0.337 e. The number of hydrogen-bond acceptors (Lipinski definition) is 4. The van der Waals surface area contributed by atoms with Gasteiger partial charge in [-0.3, -0.25) is 9.78 Å². The summed E-state index contributed by atoms with van der Waals surface area (Å²) in [5.74, 6) is -1.38. The van der Waals surface area contributed by atoms with Crippen LogP contribution in [0.5, 0.6) is 0 Å². The van der Waals surface area contributed by atoms with Crippen LogP contribution in [0.25, 0.3) is 0 Å². The quantitative estimate of drug-likeness (QED) is 0.836. The van der Waals surface area contributed by atoms with Crippen molar-refractivity contribution in [1.29, 1.82) is 0 Å². The van der Waals surface area contributed by atoms with Gasteiger partial charge in [-0.25, -0.2) is 9.78 Å². The number of aromatic carboxylic acids is 1. The predicted molar refractivity (Wildman–Crippen MR) is 66.7 cm³/mol. The van der Waals surface area contributed by atoms with Crippen LogP contribution in [0.15, 0.2) is 37.2 Å². The van der Waals surface area contributed by atoms with E-state index in [2.05, 4.69) is 15.3 Å². The van der Waals surface area contributed by atoms with Gasteiger partial charge in [-0.15, -0.1) is 0 Å². The number of rotatable bonds is 5.